The average molecular weight is 290 g/mol. The molecule has 0 aliphatic heterocycles. The summed E-state index contributed by atoms with van der Waals surface area (Å²) in [7, 11) is 0. The fourth-order valence-electron chi connectivity index (χ4n) is 2.23. The summed E-state index contributed by atoms with van der Waals surface area (Å²) in [4.78, 5) is 24.5. The Hall–Kier alpha value is -2.04. The van der Waals surface area contributed by atoms with Crippen molar-refractivity contribution in [3.05, 3.63) is 30.3 Å². The SMILES string of the molecule is O=C(O)CCCN(C(=O)NCCC1CC1)c1ccccc1. The van der Waals surface area contributed by atoms with Gasteiger partial charge in [-0.3, -0.25) is 9.69 Å². The predicted molar refractivity (Wildman–Crippen MR) is 81.4 cm³/mol. The monoisotopic (exact) mass is 290 g/mol. The molecule has 0 spiro atoms. The topological polar surface area (TPSA) is 69.6 Å². The van der Waals surface area contributed by atoms with Gasteiger partial charge in [-0.15, -0.1) is 0 Å². The molecule has 0 bridgehead atoms. The maximum atomic E-state index is 12.3. The zero-order valence-corrected chi connectivity index (χ0v) is 12.1. The van der Waals surface area contributed by atoms with E-state index in [4.69, 9.17) is 5.11 Å². The largest absolute Gasteiger partial charge is 0.481 e. The number of rotatable bonds is 8. The highest BCUT2D eigenvalue weighted by atomic mass is 16.4. The van der Waals surface area contributed by atoms with Crippen LogP contribution >= 0.6 is 0 Å². The van der Waals surface area contributed by atoms with Crippen LogP contribution in [0.5, 0.6) is 0 Å². The molecule has 0 saturated heterocycles. The average Bonchev–Trinajstić information content (AvgIpc) is 3.28. The minimum absolute atomic E-state index is 0.0681. The zero-order chi connectivity index (χ0) is 15.1. The number of amides is 2. The Kier molecular flexibility index (Phi) is 5.60. The number of urea groups is 1. The van der Waals surface area contributed by atoms with Crippen LogP contribution in [-0.4, -0.2) is 30.2 Å². The number of benzene rings is 1. The number of carboxylic acid groups (broad SMARTS) is 1. The number of carbonyl (C=O) groups excluding carboxylic acids is 1. The Labute approximate surface area is 125 Å². The first kappa shape index (κ1) is 15.4. The molecule has 0 radical (unpaired) electrons. The lowest BCUT2D eigenvalue weighted by Gasteiger charge is -2.23. The number of para-hydroxylation sites is 1. The minimum Gasteiger partial charge on any atom is -0.481 e. The van der Waals surface area contributed by atoms with Crippen LogP contribution < -0.4 is 10.2 Å². The summed E-state index contributed by atoms with van der Waals surface area (Å²) < 4.78 is 0. The molecule has 2 amide bonds. The third-order valence-corrected chi connectivity index (χ3v) is 3.61. The van der Waals surface area contributed by atoms with Gasteiger partial charge in [0.2, 0.25) is 0 Å². The van der Waals surface area contributed by atoms with Crippen molar-refractivity contribution in [3.63, 3.8) is 0 Å². The number of carboxylic acids is 1. The highest BCUT2D eigenvalue weighted by Gasteiger charge is 2.21. The molecule has 2 rings (SSSR count). The van der Waals surface area contributed by atoms with Gasteiger partial charge in [0.05, 0.1) is 0 Å². The van der Waals surface area contributed by atoms with Crippen LogP contribution in [-0.2, 0) is 4.79 Å². The second-order valence-electron chi connectivity index (χ2n) is 5.45. The number of hydrogen-bond donors (Lipinski definition) is 2. The maximum absolute atomic E-state index is 12.3. The lowest BCUT2D eigenvalue weighted by molar-refractivity contribution is -0.137. The predicted octanol–water partition coefficient (Wildman–Crippen LogP) is 2.87. The quantitative estimate of drug-likeness (QED) is 0.773. The number of carbonyl (C=O) groups is 2. The normalized spacial score (nSPS) is 13.7. The Balaban J connectivity index is 1.89. The highest BCUT2D eigenvalue weighted by Crippen LogP contribution is 2.31. The summed E-state index contributed by atoms with van der Waals surface area (Å²) in [5.74, 6) is -0.0559. The Morgan fingerprint density at radius 3 is 2.57 bits per heavy atom. The fourth-order valence-corrected chi connectivity index (χ4v) is 2.23. The molecule has 0 atom stereocenters. The van der Waals surface area contributed by atoms with Gasteiger partial charge >= 0.3 is 12.0 Å². The van der Waals surface area contributed by atoms with Crippen LogP contribution in [0.4, 0.5) is 10.5 Å². The van der Waals surface area contributed by atoms with Crippen molar-refractivity contribution in [1.82, 2.24) is 5.32 Å². The van der Waals surface area contributed by atoms with Crippen LogP contribution in [0.25, 0.3) is 0 Å². The summed E-state index contributed by atoms with van der Waals surface area (Å²) in [6.07, 6.45) is 4.09. The van der Waals surface area contributed by atoms with Gasteiger partial charge in [-0.2, -0.15) is 0 Å². The van der Waals surface area contributed by atoms with Crippen molar-refractivity contribution < 1.29 is 14.7 Å². The molecule has 21 heavy (non-hydrogen) atoms. The van der Waals surface area contributed by atoms with Crippen LogP contribution in [0.2, 0.25) is 0 Å². The summed E-state index contributed by atoms with van der Waals surface area (Å²) in [5.41, 5.74) is 0.798. The lowest BCUT2D eigenvalue weighted by atomic mass is 10.2. The van der Waals surface area contributed by atoms with Crippen molar-refractivity contribution in [2.75, 3.05) is 18.0 Å². The van der Waals surface area contributed by atoms with Crippen LogP contribution in [0.1, 0.15) is 32.1 Å². The molecule has 5 heteroatoms. The van der Waals surface area contributed by atoms with E-state index in [1.54, 1.807) is 4.90 Å². The van der Waals surface area contributed by atoms with Crippen molar-refractivity contribution in [3.8, 4) is 0 Å². The van der Waals surface area contributed by atoms with E-state index in [-0.39, 0.29) is 12.5 Å². The summed E-state index contributed by atoms with van der Waals surface area (Å²) in [6, 6.07) is 9.22. The van der Waals surface area contributed by atoms with Crippen LogP contribution in [0, 0.1) is 5.92 Å². The van der Waals surface area contributed by atoms with Gasteiger partial charge < -0.3 is 10.4 Å². The number of anilines is 1. The van der Waals surface area contributed by atoms with E-state index in [1.807, 2.05) is 30.3 Å². The molecule has 1 fully saturated rings. The zero-order valence-electron chi connectivity index (χ0n) is 12.1. The fraction of sp³-hybridized carbons (Fsp3) is 0.500. The van der Waals surface area contributed by atoms with E-state index in [9.17, 15) is 9.59 Å². The van der Waals surface area contributed by atoms with Crippen molar-refractivity contribution in [2.24, 2.45) is 5.92 Å². The summed E-state index contributed by atoms with van der Waals surface area (Å²) in [5, 5.41) is 11.7. The second-order valence-corrected chi connectivity index (χ2v) is 5.45. The number of nitrogens with one attached hydrogen (secondary N) is 1. The second kappa shape index (κ2) is 7.67. The molecule has 0 unspecified atom stereocenters. The van der Waals surface area contributed by atoms with Gasteiger partial charge in [0, 0.05) is 25.2 Å². The molecule has 1 saturated carbocycles. The first-order chi connectivity index (χ1) is 10.2. The molecule has 2 N–H and O–H groups in total. The van der Waals surface area contributed by atoms with E-state index >= 15 is 0 Å². The van der Waals surface area contributed by atoms with Crippen molar-refractivity contribution >= 4 is 17.7 Å². The van der Waals surface area contributed by atoms with Gasteiger partial charge in [0.15, 0.2) is 0 Å². The van der Waals surface area contributed by atoms with Crippen LogP contribution in [0.3, 0.4) is 0 Å². The first-order valence-corrected chi connectivity index (χ1v) is 7.49. The standard InChI is InChI=1S/C16H22N2O3/c19-15(20)7-4-12-18(14-5-2-1-3-6-14)16(21)17-11-10-13-8-9-13/h1-3,5-6,13H,4,7-12H2,(H,17,21)(H,19,20). The number of nitrogens with zero attached hydrogens (tertiary/aromatic N) is 1. The third-order valence-electron chi connectivity index (χ3n) is 3.61. The van der Waals surface area contributed by atoms with Crippen molar-refractivity contribution in [1.29, 1.82) is 0 Å². The Morgan fingerprint density at radius 1 is 1.24 bits per heavy atom. The third kappa shape index (κ3) is 5.45. The molecule has 5 nitrogen and oxygen atoms in total. The summed E-state index contributed by atoms with van der Waals surface area (Å²) in [6.45, 7) is 1.09. The first-order valence-electron chi connectivity index (χ1n) is 7.49. The molecule has 1 aliphatic carbocycles. The Morgan fingerprint density at radius 2 is 1.95 bits per heavy atom. The Bertz CT molecular complexity index is 472. The van der Waals surface area contributed by atoms with E-state index < -0.39 is 5.97 Å². The van der Waals surface area contributed by atoms with E-state index in [0.29, 0.717) is 19.5 Å². The molecule has 114 valence electrons. The van der Waals surface area contributed by atoms with Gasteiger partial charge in [0.25, 0.3) is 0 Å². The highest BCUT2D eigenvalue weighted by molar-refractivity contribution is 5.91. The molecule has 1 aliphatic rings. The number of hydrogen-bond acceptors (Lipinski definition) is 2. The maximum Gasteiger partial charge on any atom is 0.321 e. The lowest BCUT2D eigenvalue weighted by Crippen LogP contribution is -2.41. The molecule has 1 aromatic rings. The number of aliphatic carboxylic acids is 1. The molecular formula is C16H22N2O3. The van der Waals surface area contributed by atoms with Crippen molar-refractivity contribution in [2.45, 2.75) is 32.1 Å². The van der Waals surface area contributed by atoms with E-state index in [0.717, 1.165) is 18.0 Å². The van der Waals surface area contributed by atoms with Gasteiger partial charge in [-0.05, 0) is 30.9 Å². The summed E-state index contributed by atoms with van der Waals surface area (Å²) >= 11 is 0. The minimum atomic E-state index is -0.836. The molecule has 0 aromatic heterocycles. The van der Waals surface area contributed by atoms with E-state index in [1.165, 1.54) is 12.8 Å². The van der Waals surface area contributed by atoms with E-state index in [2.05, 4.69) is 5.32 Å². The van der Waals surface area contributed by atoms with Gasteiger partial charge in [0.1, 0.15) is 0 Å². The molecule has 0 heterocycles. The molecule has 1 aromatic carbocycles. The van der Waals surface area contributed by atoms with Crippen LogP contribution in [0.15, 0.2) is 30.3 Å². The van der Waals surface area contributed by atoms with Gasteiger partial charge in [-0.25, -0.2) is 4.79 Å². The molecular weight excluding hydrogens is 268 g/mol. The smallest absolute Gasteiger partial charge is 0.321 e. The van der Waals surface area contributed by atoms with Gasteiger partial charge in [-0.1, -0.05) is 31.0 Å².